The van der Waals surface area contributed by atoms with Gasteiger partial charge in [-0.25, -0.2) is 4.79 Å². The third-order valence-electron chi connectivity index (χ3n) is 4.91. The average Bonchev–Trinajstić information content (AvgIpc) is 2.92. The number of urea groups is 1. The van der Waals surface area contributed by atoms with Gasteiger partial charge in [-0.3, -0.25) is 10.2 Å². The van der Waals surface area contributed by atoms with Gasteiger partial charge in [0.25, 0.3) is 5.91 Å². The number of anilines is 1. The third-order valence-corrected chi connectivity index (χ3v) is 5.10. The van der Waals surface area contributed by atoms with E-state index < -0.39 is 17.5 Å². The first-order chi connectivity index (χ1) is 13.7. The fourth-order valence-electron chi connectivity index (χ4n) is 3.07. The number of hydrogen-bond donors (Lipinski definition) is 3. The molecule has 0 radical (unpaired) electrons. The van der Waals surface area contributed by atoms with Crippen molar-refractivity contribution in [3.63, 3.8) is 0 Å². The van der Waals surface area contributed by atoms with Gasteiger partial charge in [-0.1, -0.05) is 38.1 Å². The van der Waals surface area contributed by atoms with E-state index in [1.807, 2.05) is 24.3 Å². The molecule has 2 aromatic rings. The molecule has 3 N–H and O–H groups in total. The Hall–Kier alpha value is -3.13. The highest BCUT2D eigenvalue weighted by molar-refractivity contribution is 7.80. The predicted molar refractivity (Wildman–Crippen MR) is 116 cm³/mol. The van der Waals surface area contributed by atoms with Crippen LogP contribution in [0.2, 0.25) is 0 Å². The molecule has 29 heavy (non-hydrogen) atoms. The van der Waals surface area contributed by atoms with Crippen molar-refractivity contribution in [2.75, 3.05) is 12.4 Å². The molecule has 1 aliphatic rings. The van der Waals surface area contributed by atoms with Crippen LogP contribution in [0.5, 0.6) is 5.75 Å². The van der Waals surface area contributed by atoms with Crippen molar-refractivity contribution in [1.82, 2.24) is 15.8 Å². The summed E-state index contributed by atoms with van der Waals surface area (Å²) in [7, 11) is 1.56. The van der Waals surface area contributed by atoms with E-state index >= 15 is 0 Å². The molecule has 2 aromatic carbocycles. The van der Waals surface area contributed by atoms with Gasteiger partial charge in [-0.15, -0.1) is 0 Å². The Morgan fingerprint density at radius 3 is 2.28 bits per heavy atom. The van der Waals surface area contributed by atoms with Crippen molar-refractivity contribution >= 4 is 35.0 Å². The second kappa shape index (κ2) is 8.08. The molecule has 7 nitrogen and oxygen atoms in total. The molecule has 8 heteroatoms. The summed E-state index contributed by atoms with van der Waals surface area (Å²) >= 11 is 5.27. The van der Waals surface area contributed by atoms with Crippen LogP contribution < -0.4 is 20.8 Å². The van der Waals surface area contributed by atoms with Gasteiger partial charge in [-0.05, 0) is 60.5 Å². The maximum absolute atomic E-state index is 13.0. The molecule has 1 heterocycles. The molecule has 1 fully saturated rings. The normalized spacial score (nSPS) is 18.6. The van der Waals surface area contributed by atoms with Gasteiger partial charge in [0.15, 0.2) is 5.11 Å². The number of ether oxygens (including phenoxy) is 1. The minimum atomic E-state index is -1.20. The Bertz CT molecular complexity index is 928. The monoisotopic (exact) mass is 412 g/mol. The number of hydrogen-bond acceptors (Lipinski definition) is 4. The summed E-state index contributed by atoms with van der Waals surface area (Å²) in [6, 6.07) is 14.2. The van der Waals surface area contributed by atoms with Crippen molar-refractivity contribution in [2.24, 2.45) is 0 Å². The Kier molecular flexibility index (Phi) is 5.74. The standard InChI is InChI=1S/C21H24N4O3S/c1-13(2)14-5-9-16(10-6-14)22-19(29)24-25-18(26)21(3,23-20(25)27)15-7-11-17(28-4)12-8-15/h5-13H,1-4H3,(H,23,27)(H2,22,24,29)/t21-/m1/s1. The molecule has 0 saturated carbocycles. The molecular weight excluding hydrogens is 388 g/mol. The van der Waals surface area contributed by atoms with Crippen LogP contribution in [-0.4, -0.2) is 29.2 Å². The maximum atomic E-state index is 13.0. The molecule has 1 saturated heterocycles. The minimum absolute atomic E-state index is 0.143. The topological polar surface area (TPSA) is 82.7 Å². The Morgan fingerprint density at radius 2 is 1.72 bits per heavy atom. The van der Waals surface area contributed by atoms with E-state index in [-0.39, 0.29) is 5.11 Å². The highest BCUT2D eigenvalue weighted by Gasteiger charge is 2.49. The molecule has 1 aliphatic heterocycles. The molecule has 1 atom stereocenters. The van der Waals surface area contributed by atoms with E-state index in [4.69, 9.17) is 17.0 Å². The summed E-state index contributed by atoms with van der Waals surface area (Å²) in [5.41, 5.74) is 4.09. The van der Waals surface area contributed by atoms with Crippen LogP contribution in [0.4, 0.5) is 10.5 Å². The zero-order chi connectivity index (χ0) is 21.2. The summed E-state index contributed by atoms with van der Waals surface area (Å²) in [5.74, 6) is 0.639. The molecule has 152 valence electrons. The first kappa shape index (κ1) is 20.6. The van der Waals surface area contributed by atoms with E-state index in [1.165, 1.54) is 5.56 Å². The van der Waals surface area contributed by atoms with Crippen molar-refractivity contribution in [3.05, 3.63) is 59.7 Å². The molecule has 3 amide bonds. The van der Waals surface area contributed by atoms with E-state index in [9.17, 15) is 9.59 Å². The number of carbonyl (C=O) groups is 2. The molecule has 0 unspecified atom stereocenters. The first-order valence-corrected chi connectivity index (χ1v) is 9.64. The lowest BCUT2D eigenvalue weighted by Crippen LogP contribution is -2.49. The van der Waals surface area contributed by atoms with Crippen LogP contribution in [0, 0.1) is 0 Å². The number of amides is 3. The third kappa shape index (κ3) is 4.17. The molecule has 3 rings (SSSR count). The minimum Gasteiger partial charge on any atom is -0.497 e. The van der Waals surface area contributed by atoms with E-state index in [2.05, 4.69) is 29.9 Å². The van der Waals surface area contributed by atoms with Gasteiger partial charge in [0.2, 0.25) is 0 Å². The van der Waals surface area contributed by atoms with Gasteiger partial charge in [0.05, 0.1) is 7.11 Å². The number of imide groups is 1. The molecule has 0 aliphatic carbocycles. The summed E-state index contributed by atoms with van der Waals surface area (Å²) in [6.07, 6.45) is 0. The van der Waals surface area contributed by atoms with Crippen LogP contribution >= 0.6 is 12.2 Å². The van der Waals surface area contributed by atoms with Gasteiger partial charge in [-0.2, -0.15) is 5.01 Å². The molecule has 0 aromatic heterocycles. The summed E-state index contributed by atoms with van der Waals surface area (Å²) in [5, 5.41) is 6.74. The smallest absolute Gasteiger partial charge is 0.344 e. The zero-order valence-electron chi connectivity index (χ0n) is 16.8. The highest BCUT2D eigenvalue weighted by Crippen LogP contribution is 2.29. The van der Waals surface area contributed by atoms with Gasteiger partial charge in [0, 0.05) is 5.69 Å². The van der Waals surface area contributed by atoms with Crippen LogP contribution in [-0.2, 0) is 10.3 Å². The summed E-state index contributed by atoms with van der Waals surface area (Å²) in [6.45, 7) is 5.88. The van der Waals surface area contributed by atoms with E-state index in [1.54, 1.807) is 38.3 Å². The number of methoxy groups -OCH3 is 1. The number of rotatable bonds is 5. The molecule has 0 bridgehead atoms. The van der Waals surface area contributed by atoms with Crippen molar-refractivity contribution in [1.29, 1.82) is 0 Å². The molecule has 0 spiro atoms. The number of nitrogens with zero attached hydrogens (tertiary/aromatic N) is 1. The van der Waals surface area contributed by atoms with Gasteiger partial charge < -0.3 is 15.4 Å². The van der Waals surface area contributed by atoms with E-state index in [0.29, 0.717) is 17.2 Å². The van der Waals surface area contributed by atoms with Gasteiger partial charge >= 0.3 is 6.03 Å². The first-order valence-electron chi connectivity index (χ1n) is 9.23. The summed E-state index contributed by atoms with van der Waals surface area (Å²) < 4.78 is 5.14. The number of carbonyl (C=O) groups excluding carboxylic acids is 2. The average molecular weight is 413 g/mol. The number of thiocarbonyl (C=S) groups is 1. The lowest BCUT2D eigenvalue weighted by atomic mass is 9.92. The second-order valence-electron chi connectivity index (χ2n) is 7.27. The van der Waals surface area contributed by atoms with E-state index in [0.717, 1.165) is 10.7 Å². The van der Waals surface area contributed by atoms with Crippen molar-refractivity contribution in [3.8, 4) is 5.75 Å². The van der Waals surface area contributed by atoms with Crippen molar-refractivity contribution in [2.45, 2.75) is 32.2 Å². The van der Waals surface area contributed by atoms with Gasteiger partial charge in [0.1, 0.15) is 11.3 Å². The van der Waals surface area contributed by atoms with Crippen LogP contribution in [0.3, 0.4) is 0 Å². The second-order valence-corrected chi connectivity index (χ2v) is 7.68. The number of benzene rings is 2. The largest absolute Gasteiger partial charge is 0.497 e. The fraction of sp³-hybridized carbons (Fsp3) is 0.286. The number of hydrazine groups is 1. The number of nitrogens with one attached hydrogen (secondary N) is 3. The molecular formula is C21H24N4O3S. The Morgan fingerprint density at radius 1 is 1.10 bits per heavy atom. The quantitative estimate of drug-likeness (QED) is 0.515. The highest BCUT2D eigenvalue weighted by atomic mass is 32.1. The van der Waals surface area contributed by atoms with Crippen molar-refractivity contribution < 1.29 is 14.3 Å². The predicted octanol–water partition coefficient (Wildman–Crippen LogP) is 3.49. The summed E-state index contributed by atoms with van der Waals surface area (Å²) in [4.78, 5) is 25.4. The SMILES string of the molecule is COc1ccc([C@@]2(C)NC(=O)N(NC(=S)Nc3ccc(C(C)C)cc3)C2=O)cc1. The lowest BCUT2D eigenvalue weighted by molar-refractivity contribution is -0.132. The Labute approximate surface area is 175 Å². The van der Waals surface area contributed by atoms with Crippen LogP contribution in [0.15, 0.2) is 48.5 Å². The lowest BCUT2D eigenvalue weighted by Gasteiger charge is -2.23. The van der Waals surface area contributed by atoms with Crippen LogP contribution in [0.1, 0.15) is 37.8 Å². The fourth-order valence-corrected chi connectivity index (χ4v) is 3.28. The zero-order valence-corrected chi connectivity index (χ0v) is 17.6. The van der Waals surface area contributed by atoms with Crippen LogP contribution in [0.25, 0.3) is 0 Å². The Balaban J connectivity index is 1.69. The maximum Gasteiger partial charge on any atom is 0.344 e.